The SMILES string of the molecule is CC(C)(C)c1ccc(O)c(C2(c3cc(C(C)(C)C)ccc3O)C(=O)Nc3c2ccc(F)c3F)c1.Nc1cccc(F)c1F.O=C(/C=N/O)Nc1cccc(F)c1F.O=C1Nc2c(ccc(F)c2F)C1=O. The number of oxime groups is 1. The molecule has 6 aromatic carbocycles. The number of amides is 3. The van der Waals surface area contributed by atoms with Gasteiger partial charge in [0.15, 0.2) is 46.5 Å². The Bertz CT molecular complexity index is 3000. The number of Topliss-reactive ketones (excluding diaryl/α,β-unsaturated/α-hetero) is 1. The van der Waals surface area contributed by atoms with Gasteiger partial charge in [-0.15, -0.1) is 0 Å². The first kappa shape index (κ1) is 52.7. The van der Waals surface area contributed by atoms with E-state index in [-0.39, 0.29) is 67.3 Å². The number of nitrogens with one attached hydrogen (secondary N) is 3. The Morgan fingerprint density at radius 3 is 1.60 bits per heavy atom. The lowest BCUT2D eigenvalue weighted by Crippen LogP contribution is -2.38. The molecule has 70 heavy (non-hydrogen) atoms. The molecule has 8 N–H and O–H groups in total. The quantitative estimate of drug-likeness (QED) is 0.0226. The van der Waals surface area contributed by atoms with E-state index >= 15 is 0 Å². The second kappa shape index (κ2) is 20.5. The van der Waals surface area contributed by atoms with Crippen molar-refractivity contribution < 1.29 is 69.7 Å². The summed E-state index contributed by atoms with van der Waals surface area (Å²) >= 11 is 0. The standard InChI is InChI=1S/C28H29F2NO3.C8H6F2N2O2.C8H3F2NO2.C6H5F2N/c1-26(2,3)15-7-11-21(32)18(13-15)28(19-14-16(27(4,5)6)8-12-22(19)33)17-9-10-20(29)23(30)24(17)31-25(28)34;9-5-2-1-3-6(8(5)10)12-7(13)4-11-14;9-4-2-1-3-6(5(4)10)11-8(13)7(3)12;7-4-2-1-3-5(9)6(4)8/h7-14,32-33H,1-6H3,(H,31,34);1-4,14H,(H,12,13);1-2H,(H,11,12,13);1-3H,9H2/b;11-4+;;. The summed E-state index contributed by atoms with van der Waals surface area (Å²) in [5.74, 6) is -12.4. The summed E-state index contributed by atoms with van der Waals surface area (Å²) in [6.45, 7) is 11.9. The summed E-state index contributed by atoms with van der Waals surface area (Å²) in [6, 6.07) is 21.1. The molecule has 2 aliphatic rings. The Labute approximate surface area is 394 Å². The normalized spacial score (nSPS) is 13.4. The Morgan fingerprint density at radius 2 is 1.10 bits per heavy atom. The predicted octanol–water partition coefficient (Wildman–Crippen LogP) is 10.3. The topological polar surface area (TPSA) is 203 Å². The summed E-state index contributed by atoms with van der Waals surface area (Å²) in [5.41, 5.74) is 3.44. The third-order valence-corrected chi connectivity index (χ3v) is 10.8. The number of phenols is 2. The van der Waals surface area contributed by atoms with Crippen LogP contribution < -0.4 is 21.7 Å². The fraction of sp³-hybridized carbons (Fsp3) is 0.180. The Morgan fingerprint density at radius 1 is 0.614 bits per heavy atom. The highest BCUT2D eigenvalue weighted by Gasteiger charge is 2.54. The zero-order chi connectivity index (χ0) is 52.2. The minimum Gasteiger partial charge on any atom is -0.508 e. The summed E-state index contributed by atoms with van der Waals surface area (Å²) in [6.07, 6.45) is 0.532. The smallest absolute Gasteiger partial charge is 0.296 e. The molecule has 0 aromatic heterocycles. The number of phenolic OH excluding ortho intramolecular Hbond substituents is 2. The third-order valence-electron chi connectivity index (χ3n) is 10.8. The molecule has 0 saturated carbocycles. The van der Waals surface area contributed by atoms with Gasteiger partial charge in [0, 0.05) is 16.7 Å². The number of fused-ring (bicyclic) bond motifs is 2. The second-order valence-corrected chi connectivity index (χ2v) is 17.5. The van der Waals surface area contributed by atoms with Crippen LogP contribution in [0.25, 0.3) is 0 Å². The molecule has 6 aromatic rings. The number of ketones is 1. The van der Waals surface area contributed by atoms with Crippen molar-refractivity contribution in [1.82, 2.24) is 0 Å². The lowest BCUT2D eigenvalue weighted by atomic mass is 9.67. The molecule has 0 unspecified atom stereocenters. The molecule has 0 fully saturated rings. The zero-order valence-corrected chi connectivity index (χ0v) is 37.8. The van der Waals surface area contributed by atoms with E-state index in [4.69, 9.17) is 10.9 Å². The van der Waals surface area contributed by atoms with Crippen LogP contribution in [0.5, 0.6) is 11.5 Å². The number of carbonyl (C=O) groups excluding carboxylic acids is 4. The molecule has 12 nitrogen and oxygen atoms in total. The molecule has 0 bridgehead atoms. The van der Waals surface area contributed by atoms with Gasteiger partial charge in [0.2, 0.25) is 5.91 Å². The zero-order valence-electron chi connectivity index (χ0n) is 37.8. The van der Waals surface area contributed by atoms with Gasteiger partial charge in [0.05, 0.1) is 28.3 Å². The highest BCUT2D eigenvalue weighted by Crippen LogP contribution is 2.54. The number of halogens is 8. The van der Waals surface area contributed by atoms with Crippen molar-refractivity contribution in [2.45, 2.75) is 57.8 Å². The molecular weight excluding hydrogens is 935 g/mol. The summed E-state index contributed by atoms with van der Waals surface area (Å²) < 4.78 is 104. The highest BCUT2D eigenvalue weighted by molar-refractivity contribution is 6.51. The molecule has 0 radical (unpaired) electrons. The lowest BCUT2D eigenvalue weighted by molar-refractivity contribution is -0.118. The minimum atomic E-state index is -1.81. The van der Waals surface area contributed by atoms with Crippen LogP contribution in [0.4, 0.5) is 57.9 Å². The molecule has 8 rings (SSSR count). The van der Waals surface area contributed by atoms with Crippen LogP contribution >= 0.6 is 0 Å². The molecular formula is C50H43F8N5O7. The molecule has 0 atom stereocenters. The number of anilines is 4. The number of hydrogen-bond acceptors (Lipinski definition) is 9. The van der Waals surface area contributed by atoms with Gasteiger partial charge in [0.1, 0.15) is 23.1 Å². The average molecular weight is 978 g/mol. The van der Waals surface area contributed by atoms with E-state index in [9.17, 15) is 64.5 Å². The Balaban J connectivity index is 0.000000206. The highest BCUT2D eigenvalue weighted by atomic mass is 19.2. The first-order valence-corrected chi connectivity index (χ1v) is 20.6. The molecule has 20 heteroatoms. The number of nitrogens with two attached hydrogens (primary N) is 1. The van der Waals surface area contributed by atoms with Crippen LogP contribution in [0.15, 0.2) is 102 Å². The number of nitrogen functional groups attached to an aromatic ring is 1. The molecule has 0 saturated heterocycles. The predicted molar refractivity (Wildman–Crippen MR) is 244 cm³/mol. The number of benzene rings is 6. The monoisotopic (exact) mass is 977 g/mol. The fourth-order valence-electron chi connectivity index (χ4n) is 7.09. The Hall–Kier alpha value is -8.29. The first-order valence-electron chi connectivity index (χ1n) is 20.6. The third kappa shape index (κ3) is 10.7. The Kier molecular flexibility index (Phi) is 15.4. The molecule has 2 aliphatic heterocycles. The molecule has 366 valence electrons. The van der Waals surface area contributed by atoms with Gasteiger partial charge in [-0.25, -0.2) is 35.1 Å². The van der Waals surface area contributed by atoms with Gasteiger partial charge >= 0.3 is 0 Å². The van der Waals surface area contributed by atoms with E-state index in [1.807, 2.05) is 52.2 Å². The maximum Gasteiger partial charge on any atom is 0.296 e. The number of carbonyl (C=O) groups is 4. The van der Waals surface area contributed by atoms with Crippen molar-refractivity contribution in [3.05, 3.63) is 177 Å². The van der Waals surface area contributed by atoms with Gasteiger partial charge < -0.3 is 37.1 Å². The molecule has 0 spiro atoms. The number of nitrogens with zero attached hydrogens (tertiary/aromatic N) is 1. The number of aromatic hydroxyl groups is 2. The number of rotatable bonds is 4. The van der Waals surface area contributed by atoms with Crippen LogP contribution in [0.3, 0.4) is 0 Å². The van der Waals surface area contributed by atoms with Crippen LogP contribution in [0.2, 0.25) is 0 Å². The second-order valence-electron chi connectivity index (χ2n) is 17.5. The number of hydrogen-bond donors (Lipinski definition) is 7. The average Bonchev–Trinajstić information content (AvgIpc) is 3.76. The van der Waals surface area contributed by atoms with Crippen molar-refractivity contribution in [3.63, 3.8) is 0 Å². The van der Waals surface area contributed by atoms with Crippen LogP contribution in [-0.2, 0) is 30.6 Å². The van der Waals surface area contributed by atoms with Crippen LogP contribution in [0, 0.1) is 46.5 Å². The van der Waals surface area contributed by atoms with Gasteiger partial charge in [-0.05, 0) is 88.7 Å². The summed E-state index contributed by atoms with van der Waals surface area (Å²) in [7, 11) is 0. The minimum absolute atomic E-state index is 0.121. The van der Waals surface area contributed by atoms with Crippen molar-refractivity contribution in [1.29, 1.82) is 0 Å². The summed E-state index contributed by atoms with van der Waals surface area (Å²) in [4.78, 5) is 46.3. The van der Waals surface area contributed by atoms with Crippen LogP contribution in [0.1, 0.15) is 79.7 Å². The largest absolute Gasteiger partial charge is 0.508 e. The van der Waals surface area contributed by atoms with E-state index in [1.165, 1.54) is 42.5 Å². The van der Waals surface area contributed by atoms with Crippen molar-refractivity contribution >= 4 is 52.5 Å². The van der Waals surface area contributed by atoms with E-state index in [0.717, 1.165) is 41.5 Å². The molecule has 2 heterocycles. The van der Waals surface area contributed by atoms with E-state index in [1.54, 1.807) is 24.3 Å². The van der Waals surface area contributed by atoms with E-state index < -0.39 is 75.5 Å². The summed E-state index contributed by atoms with van der Waals surface area (Å²) in [5, 5.41) is 38.9. The van der Waals surface area contributed by atoms with Gasteiger partial charge in [-0.3, -0.25) is 19.2 Å². The van der Waals surface area contributed by atoms with Crippen molar-refractivity contribution in [3.8, 4) is 11.5 Å². The first-order chi connectivity index (χ1) is 32.7. The van der Waals surface area contributed by atoms with Crippen molar-refractivity contribution in [2.24, 2.45) is 5.16 Å². The van der Waals surface area contributed by atoms with E-state index in [0.29, 0.717) is 6.21 Å². The van der Waals surface area contributed by atoms with Gasteiger partial charge in [-0.1, -0.05) is 77.0 Å². The van der Waals surface area contributed by atoms with Gasteiger partial charge in [0.25, 0.3) is 17.6 Å². The molecule has 3 amide bonds. The van der Waals surface area contributed by atoms with E-state index in [2.05, 4.69) is 10.5 Å². The fourth-order valence-corrected chi connectivity index (χ4v) is 7.09. The lowest BCUT2D eigenvalue weighted by Gasteiger charge is -2.33. The van der Waals surface area contributed by atoms with Crippen molar-refractivity contribution in [2.75, 3.05) is 21.7 Å². The van der Waals surface area contributed by atoms with Gasteiger partial charge in [-0.2, -0.15) is 0 Å². The maximum absolute atomic E-state index is 14.9. The molecule has 0 aliphatic carbocycles. The maximum atomic E-state index is 14.9. The van der Waals surface area contributed by atoms with Crippen LogP contribution in [-0.4, -0.2) is 45.1 Å².